The molecule has 0 aliphatic heterocycles. The standard InChI is InChI=1S/C14H13Cl2NO2/c1-2-18-11-3-5-12(6-4-11)19-9-10-8-17-14(16)7-13(10)15/h3-8H,2,9H2,1H3. The zero-order valence-electron chi connectivity index (χ0n) is 10.4. The molecule has 0 amide bonds. The number of ether oxygens (including phenoxy) is 2. The second-order valence-electron chi connectivity index (χ2n) is 3.79. The lowest BCUT2D eigenvalue weighted by Gasteiger charge is -2.08. The third-order valence-electron chi connectivity index (χ3n) is 2.43. The number of halogens is 2. The molecule has 1 aromatic heterocycles. The van der Waals surface area contributed by atoms with Crippen molar-refractivity contribution in [3.63, 3.8) is 0 Å². The normalized spacial score (nSPS) is 10.3. The maximum atomic E-state index is 6.04. The van der Waals surface area contributed by atoms with Crippen LogP contribution in [0.25, 0.3) is 0 Å². The zero-order chi connectivity index (χ0) is 13.7. The fourth-order valence-electron chi connectivity index (χ4n) is 1.50. The molecule has 5 heteroatoms. The summed E-state index contributed by atoms with van der Waals surface area (Å²) in [5, 5.41) is 0.917. The van der Waals surface area contributed by atoms with E-state index in [1.54, 1.807) is 12.3 Å². The maximum absolute atomic E-state index is 6.04. The van der Waals surface area contributed by atoms with Gasteiger partial charge in [-0.2, -0.15) is 0 Å². The molecule has 0 fully saturated rings. The predicted molar refractivity (Wildman–Crippen MR) is 76.2 cm³/mol. The molecule has 0 radical (unpaired) electrons. The summed E-state index contributed by atoms with van der Waals surface area (Å²) in [6, 6.07) is 9.02. The minimum Gasteiger partial charge on any atom is -0.494 e. The van der Waals surface area contributed by atoms with Crippen molar-refractivity contribution >= 4 is 23.2 Å². The van der Waals surface area contributed by atoms with Gasteiger partial charge in [-0.05, 0) is 37.3 Å². The van der Waals surface area contributed by atoms with Crippen LogP contribution in [0.4, 0.5) is 0 Å². The van der Waals surface area contributed by atoms with Crippen molar-refractivity contribution in [2.45, 2.75) is 13.5 Å². The zero-order valence-corrected chi connectivity index (χ0v) is 11.9. The summed E-state index contributed by atoms with van der Waals surface area (Å²) >= 11 is 11.8. The largest absolute Gasteiger partial charge is 0.494 e. The third-order valence-corrected chi connectivity index (χ3v) is 2.98. The van der Waals surface area contributed by atoms with Gasteiger partial charge in [0.05, 0.1) is 11.6 Å². The van der Waals surface area contributed by atoms with Crippen molar-refractivity contribution < 1.29 is 9.47 Å². The first-order valence-corrected chi connectivity index (χ1v) is 6.60. The van der Waals surface area contributed by atoms with E-state index in [2.05, 4.69) is 4.98 Å². The number of rotatable bonds is 5. The van der Waals surface area contributed by atoms with Crippen LogP contribution in [0.5, 0.6) is 11.5 Å². The van der Waals surface area contributed by atoms with Crippen LogP contribution in [0.1, 0.15) is 12.5 Å². The van der Waals surface area contributed by atoms with Crippen molar-refractivity contribution in [3.8, 4) is 11.5 Å². The van der Waals surface area contributed by atoms with E-state index in [4.69, 9.17) is 32.7 Å². The minimum absolute atomic E-state index is 0.344. The average molecular weight is 298 g/mol. The van der Waals surface area contributed by atoms with Crippen molar-refractivity contribution in [2.75, 3.05) is 6.61 Å². The fourth-order valence-corrected chi connectivity index (χ4v) is 1.92. The van der Waals surface area contributed by atoms with E-state index in [0.29, 0.717) is 23.4 Å². The molecule has 19 heavy (non-hydrogen) atoms. The van der Waals surface area contributed by atoms with Gasteiger partial charge in [-0.25, -0.2) is 4.98 Å². The predicted octanol–water partition coefficient (Wildman–Crippen LogP) is 4.37. The lowest BCUT2D eigenvalue weighted by atomic mass is 10.3. The lowest BCUT2D eigenvalue weighted by Crippen LogP contribution is -1.97. The van der Waals surface area contributed by atoms with Gasteiger partial charge >= 0.3 is 0 Å². The van der Waals surface area contributed by atoms with E-state index < -0.39 is 0 Å². The van der Waals surface area contributed by atoms with Crippen LogP contribution in [0.2, 0.25) is 10.2 Å². The molecular formula is C14H13Cl2NO2. The average Bonchev–Trinajstić information content (AvgIpc) is 2.40. The maximum Gasteiger partial charge on any atom is 0.130 e. The highest BCUT2D eigenvalue weighted by Crippen LogP contribution is 2.22. The highest BCUT2D eigenvalue weighted by Gasteiger charge is 2.03. The molecule has 0 atom stereocenters. The number of benzene rings is 1. The molecule has 0 aliphatic carbocycles. The number of hydrogen-bond donors (Lipinski definition) is 0. The Morgan fingerprint density at radius 1 is 1.05 bits per heavy atom. The van der Waals surface area contributed by atoms with Gasteiger partial charge in [0, 0.05) is 11.8 Å². The van der Waals surface area contributed by atoms with Crippen molar-refractivity contribution in [1.29, 1.82) is 0 Å². The Labute approximate surface area is 122 Å². The van der Waals surface area contributed by atoms with Crippen LogP contribution in [-0.2, 0) is 6.61 Å². The van der Waals surface area contributed by atoms with Crippen LogP contribution in [-0.4, -0.2) is 11.6 Å². The lowest BCUT2D eigenvalue weighted by molar-refractivity contribution is 0.303. The van der Waals surface area contributed by atoms with Gasteiger partial charge in [0.25, 0.3) is 0 Å². The van der Waals surface area contributed by atoms with Gasteiger partial charge in [0.1, 0.15) is 23.3 Å². The second-order valence-corrected chi connectivity index (χ2v) is 4.59. The van der Waals surface area contributed by atoms with E-state index in [9.17, 15) is 0 Å². The van der Waals surface area contributed by atoms with Crippen molar-refractivity contribution in [2.24, 2.45) is 0 Å². The number of aromatic nitrogens is 1. The van der Waals surface area contributed by atoms with E-state index in [0.717, 1.165) is 17.1 Å². The molecule has 2 rings (SSSR count). The Kier molecular flexibility index (Phi) is 4.88. The molecule has 100 valence electrons. The van der Waals surface area contributed by atoms with Gasteiger partial charge in [-0.15, -0.1) is 0 Å². The first-order chi connectivity index (χ1) is 9.19. The van der Waals surface area contributed by atoms with Crippen LogP contribution in [0.15, 0.2) is 36.5 Å². The first kappa shape index (κ1) is 14.0. The summed E-state index contributed by atoms with van der Waals surface area (Å²) in [6.07, 6.45) is 1.61. The van der Waals surface area contributed by atoms with E-state index >= 15 is 0 Å². The molecule has 0 saturated carbocycles. The summed E-state index contributed by atoms with van der Waals surface area (Å²) < 4.78 is 11.0. The fraction of sp³-hybridized carbons (Fsp3) is 0.214. The molecule has 0 unspecified atom stereocenters. The minimum atomic E-state index is 0.344. The molecule has 1 aromatic carbocycles. The summed E-state index contributed by atoms with van der Waals surface area (Å²) in [4.78, 5) is 3.97. The van der Waals surface area contributed by atoms with Gasteiger partial charge in [0.15, 0.2) is 0 Å². The Morgan fingerprint density at radius 2 is 1.68 bits per heavy atom. The van der Waals surface area contributed by atoms with Crippen molar-refractivity contribution in [1.82, 2.24) is 4.98 Å². The van der Waals surface area contributed by atoms with Crippen LogP contribution >= 0.6 is 23.2 Å². The summed E-state index contributed by atoms with van der Waals surface area (Å²) in [5.74, 6) is 1.57. The molecule has 0 saturated heterocycles. The monoisotopic (exact) mass is 297 g/mol. The van der Waals surface area contributed by atoms with Crippen molar-refractivity contribution in [3.05, 3.63) is 52.3 Å². The molecule has 0 N–H and O–H groups in total. The Hall–Kier alpha value is -1.45. The first-order valence-electron chi connectivity index (χ1n) is 5.84. The smallest absolute Gasteiger partial charge is 0.130 e. The molecule has 0 spiro atoms. The number of hydrogen-bond acceptors (Lipinski definition) is 3. The van der Waals surface area contributed by atoms with Crippen LogP contribution in [0.3, 0.4) is 0 Å². The molecule has 0 bridgehead atoms. The SMILES string of the molecule is CCOc1ccc(OCc2cnc(Cl)cc2Cl)cc1. The summed E-state index contributed by atoms with van der Waals surface area (Å²) in [7, 11) is 0. The summed E-state index contributed by atoms with van der Waals surface area (Å²) in [6.45, 7) is 2.93. The third kappa shape index (κ3) is 4.01. The topological polar surface area (TPSA) is 31.4 Å². The number of nitrogens with zero attached hydrogens (tertiary/aromatic N) is 1. The van der Waals surface area contributed by atoms with Gasteiger partial charge in [0.2, 0.25) is 0 Å². The van der Waals surface area contributed by atoms with Gasteiger partial charge in [-0.1, -0.05) is 23.2 Å². The molecule has 0 aliphatic rings. The van der Waals surface area contributed by atoms with E-state index in [-0.39, 0.29) is 0 Å². The molecule has 1 heterocycles. The van der Waals surface area contributed by atoms with E-state index in [1.807, 2.05) is 31.2 Å². The quantitative estimate of drug-likeness (QED) is 0.768. The molecule has 2 aromatic rings. The Bertz CT molecular complexity index is 544. The molecule has 3 nitrogen and oxygen atoms in total. The number of pyridine rings is 1. The summed E-state index contributed by atoms with van der Waals surface area (Å²) in [5.41, 5.74) is 0.792. The Morgan fingerprint density at radius 3 is 2.26 bits per heavy atom. The van der Waals surface area contributed by atoms with Gasteiger partial charge < -0.3 is 9.47 Å². The highest BCUT2D eigenvalue weighted by atomic mass is 35.5. The van der Waals surface area contributed by atoms with Crippen LogP contribution in [0, 0.1) is 0 Å². The molecular weight excluding hydrogens is 285 g/mol. The van der Waals surface area contributed by atoms with Crippen LogP contribution < -0.4 is 9.47 Å². The van der Waals surface area contributed by atoms with Gasteiger partial charge in [-0.3, -0.25) is 0 Å². The Balaban J connectivity index is 1.98. The highest BCUT2D eigenvalue weighted by molar-refractivity contribution is 6.34. The van der Waals surface area contributed by atoms with E-state index in [1.165, 1.54) is 0 Å². The second kappa shape index (κ2) is 6.64.